The summed E-state index contributed by atoms with van der Waals surface area (Å²) in [5.74, 6) is 1.01. The Morgan fingerprint density at radius 2 is 2.30 bits per heavy atom. The minimum Gasteiger partial charge on any atom is -0.389 e. The summed E-state index contributed by atoms with van der Waals surface area (Å²) in [4.78, 5) is 0. The standard InChI is InChI=1S/C9H18O/c1-4-7(2)9(10)6-5-8(9)3/h7-8,10H,4-6H2,1-3H3. The molecule has 1 rings (SSSR count). The van der Waals surface area contributed by atoms with Gasteiger partial charge in [-0.3, -0.25) is 0 Å². The molecule has 0 aliphatic heterocycles. The maximum absolute atomic E-state index is 9.95. The lowest BCUT2D eigenvalue weighted by Gasteiger charge is -2.47. The number of rotatable bonds is 2. The highest BCUT2D eigenvalue weighted by atomic mass is 16.3. The van der Waals surface area contributed by atoms with Crippen LogP contribution < -0.4 is 0 Å². The van der Waals surface area contributed by atoms with Crippen LogP contribution in [0.15, 0.2) is 0 Å². The van der Waals surface area contributed by atoms with Gasteiger partial charge in [0.05, 0.1) is 5.60 Å². The SMILES string of the molecule is CCC(C)C1(O)CCC1C. The Bertz CT molecular complexity index is 122. The molecule has 0 aromatic carbocycles. The van der Waals surface area contributed by atoms with E-state index >= 15 is 0 Å². The van der Waals surface area contributed by atoms with E-state index in [9.17, 15) is 5.11 Å². The maximum Gasteiger partial charge on any atom is 0.0698 e. The molecule has 1 saturated carbocycles. The van der Waals surface area contributed by atoms with Gasteiger partial charge in [-0.15, -0.1) is 0 Å². The van der Waals surface area contributed by atoms with Gasteiger partial charge in [-0.05, 0) is 24.7 Å². The smallest absolute Gasteiger partial charge is 0.0698 e. The molecule has 1 fully saturated rings. The summed E-state index contributed by atoms with van der Waals surface area (Å²) in [5.41, 5.74) is -0.311. The summed E-state index contributed by atoms with van der Waals surface area (Å²) in [6, 6.07) is 0. The van der Waals surface area contributed by atoms with Gasteiger partial charge in [-0.1, -0.05) is 27.2 Å². The van der Waals surface area contributed by atoms with Crippen molar-refractivity contribution in [2.24, 2.45) is 11.8 Å². The van der Waals surface area contributed by atoms with Crippen molar-refractivity contribution < 1.29 is 5.11 Å². The molecule has 1 N–H and O–H groups in total. The molecule has 0 aromatic heterocycles. The topological polar surface area (TPSA) is 20.2 Å². The van der Waals surface area contributed by atoms with Gasteiger partial charge in [0.1, 0.15) is 0 Å². The Balaban J connectivity index is 2.51. The fourth-order valence-corrected chi connectivity index (χ4v) is 1.81. The zero-order chi connectivity index (χ0) is 7.78. The lowest BCUT2D eigenvalue weighted by Crippen LogP contribution is -2.50. The first-order valence-corrected chi connectivity index (χ1v) is 4.33. The van der Waals surface area contributed by atoms with Crippen LogP contribution in [0, 0.1) is 11.8 Å². The van der Waals surface area contributed by atoms with Crippen LogP contribution in [0.4, 0.5) is 0 Å². The molecule has 0 bridgehead atoms. The van der Waals surface area contributed by atoms with Crippen molar-refractivity contribution in [1.82, 2.24) is 0 Å². The van der Waals surface area contributed by atoms with E-state index in [4.69, 9.17) is 0 Å². The molecular formula is C9H18O. The first-order chi connectivity index (χ1) is 4.61. The Morgan fingerprint density at radius 3 is 2.40 bits per heavy atom. The zero-order valence-corrected chi connectivity index (χ0v) is 7.22. The first-order valence-electron chi connectivity index (χ1n) is 4.33. The summed E-state index contributed by atoms with van der Waals surface area (Å²) in [6.45, 7) is 6.44. The summed E-state index contributed by atoms with van der Waals surface area (Å²) in [7, 11) is 0. The minimum atomic E-state index is -0.311. The summed E-state index contributed by atoms with van der Waals surface area (Å²) in [6.07, 6.45) is 3.32. The van der Waals surface area contributed by atoms with E-state index in [0.29, 0.717) is 11.8 Å². The van der Waals surface area contributed by atoms with Gasteiger partial charge in [0.2, 0.25) is 0 Å². The van der Waals surface area contributed by atoms with E-state index in [0.717, 1.165) is 12.8 Å². The Kier molecular flexibility index (Phi) is 2.04. The predicted molar refractivity (Wildman–Crippen MR) is 42.8 cm³/mol. The van der Waals surface area contributed by atoms with Crippen molar-refractivity contribution in [3.8, 4) is 0 Å². The van der Waals surface area contributed by atoms with Crippen LogP contribution in [0.1, 0.15) is 40.0 Å². The number of hydrogen-bond donors (Lipinski definition) is 1. The van der Waals surface area contributed by atoms with Gasteiger partial charge in [0, 0.05) is 0 Å². The highest BCUT2D eigenvalue weighted by molar-refractivity contribution is 4.96. The van der Waals surface area contributed by atoms with E-state index in [-0.39, 0.29) is 5.60 Å². The van der Waals surface area contributed by atoms with Crippen LogP contribution in [0.2, 0.25) is 0 Å². The maximum atomic E-state index is 9.95. The van der Waals surface area contributed by atoms with Gasteiger partial charge in [-0.25, -0.2) is 0 Å². The van der Waals surface area contributed by atoms with E-state index in [2.05, 4.69) is 20.8 Å². The number of aliphatic hydroxyl groups is 1. The van der Waals surface area contributed by atoms with E-state index in [1.165, 1.54) is 6.42 Å². The Morgan fingerprint density at radius 1 is 1.70 bits per heavy atom. The molecule has 0 aromatic rings. The normalized spacial score (nSPS) is 42.6. The van der Waals surface area contributed by atoms with Crippen molar-refractivity contribution in [2.75, 3.05) is 0 Å². The fourth-order valence-electron chi connectivity index (χ4n) is 1.81. The third kappa shape index (κ3) is 0.968. The molecule has 0 amide bonds. The van der Waals surface area contributed by atoms with Crippen molar-refractivity contribution in [3.63, 3.8) is 0 Å². The molecule has 60 valence electrons. The van der Waals surface area contributed by atoms with Crippen LogP contribution in [-0.4, -0.2) is 10.7 Å². The van der Waals surface area contributed by atoms with Gasteiger partial charge in [-0.2, -0.15) is 0 Å². The van der Waals surface area contributed by atoms with Crippen LogP contribution in [-0.2, 0) is 0 Å². The van der Waals surface area contributed by atoms with Gasteiger partial charge >= 0.3 is 0 Å². The highest BCUT2D eigenvalue weighted by Crippen LogP contribution is 2.44. The summed E-state index contributed by atoms with van der Waals surface area (Å²) in [5, 5.41) is 9.95. The average molecular weight is 142 g/mol. The molecule has 1 heteroatoms. The quantitative estimate of drug-likeness (QED) is 0.626. The largest absolute Gasteiger partial charge is 0.389 e. The molecular weight excluding hydrogens is 124 g/mol. The molecule has 0 spiro atoms. The highest BCUT2D eigenvalue weighted by Gasteiger charge is 2.45. The molecule has 1 nitrogen and oxygen atoms in total. The van der Waals surface area contributed by atoms with Gasteiger partial charge in [0.15, 0.2) is 0 Å². The second-order valence-corrected chi connectivity index (χ2v) is 3.74. The van der Waals surface area contributed by atoms with Crippen LogP contribution in [0.25, 0.3) is 0 Å². The Hall–Kier alpha value is -0.0400. The Labute approximate surface area is 63.4 Å². The zero-order valence-electron chi connectivity index (χ0n) is 7.22. The summed E-state index contributed by atoms with van der Waals surface area (Å²) >= 11 is 0. The van der Waals surface area contributed by atoms with Crippen LogP contribution in [0.3, 0.4) is 0 Å². The van der Waals surface area contributed by atoms with E-state index in [1.807, 2.05) is 0 Å². The molecule has 3 atom stereocenters. The molecule has 0 heterocycles. The van der Waals surface area contributed by atoms with Crippen molar-refractivity contribution in [2.45, 2.75) is 45.6 Å². The van der Waals surface area contributed by atoms with Gasteiger partial charge < -0.3 is 5.11 Å². The van der Waals surface area contributed by atoms with Crippen LogP contribution in [0.5, 0.6) is 0 Å². The second-order valence-electron chi connectivity index (χ2n) is 3.74. The lowest BCUT2D eigenvalue weighted by molar-refractivity contribution is -0.126. The number of hydrogen-bond acceptors (Lipinski definition) is 1. The third-order valence-electron chi connectivity index (χ3n) is 3.30. The second kappa shape index (κ2) is 2.54. The van der Waals surface area contributed by atoms with Crippen LogP contribution >= 0.6 is 0 Å². The minimum absolute atomic E-state index is 0.311. The van der Waals surface area contributed by atoms with E-state index < -0.39 is 0 Å². The van der Waals surface area contributed by atoms with Crippen molar-refractivity contribution in [1.29, 1.82) is 0 Å². The average Bonchev–Trinajstić information content (AvgIpc) is 1.98. The molecule has 0 saturated heterocycles. The molecule has 1 aliphatic carbocycles. The first kappa shape index (κ1) is 8.06. The van der Waals surface area contributed by atoms with Gasteiger partial charge in [0.25, 0.3) is 0 Å². The summed E-state index contributed by atoms with van der Waals surface area (Å²) < 4.78 is 0. The lowest BCUT2D eigenvalue weighted by atomic mass is 9.63. The molecule has 1 aliphatic rings. The fraction of sp³-hybridized carbons (Fsp3) is 1.00. The van der Waals surface area contributed by atoms with E-state index in [1.54, 1.807) is 0 Å². The third-order valence-corrected chi connectivity index (χ3v) is 3.30. The molecule has 10 heavy (non-hydrogen) atoms. The van der Waals surface area contributed by atoms with Crippen molar-refractivity contribution >= 4 is 0 Å². The molecule has 0 radical (unpaired) electrons. The monoisotopic (exact) mass is 142 g/mol. The molecule has 3 unspecified atom stereocenters. The predicted octanol–water partition coefficient (Wildman–Crippen LogP) is 2.19. The van der Waals surface area contributed by atoms with Crippen molar-refractivity contribution in [3.05, 3.63) is 0 Å².